The zero-order chi connectivity index (χ0) is 25.0. The van der Waals surface area contributed by atoms with Gasteiger partial charge in [-0.05, 0) is 42.4 Å². The molecular formula is C26H33N3O6. The van der Waals surface area contributed by atoms with Crippen LogP contribution in [0.15, 0.2) is 42.6 Å². The van der Waals surface area contributed by atoms with E-state index in [0.717, 1.165) is 5.56 Å². The molecule has 0 saturated carbocycles. The zero-order valence-corrected chi connectivity index (χ0v) is 20.2. The van der Waals surface area contributed by atoms with E-state index < -0.39 is 17.6 Å². The van der Waals surface area contributed by atoms with Crippen LogP contribution < -0.4 is 9.47 Å². The van der Waals surface area contributed by atoms with Gasteiger partial charge in [0.1, 0.15) is 5.75 Å². The van der Waals surface area contributed by atoms with Gasteiger partial charge in [-0.15, -0.1) is 0 Å². The number of likely N-dealkylation sites (N-methyl/N-ethyl adjacent to an activating group) is 1. The van der Waals surface area contributed by atoms with Gasteiger partial charge in [-0.3, -0.25) is 9.59 Å². The van der Waals surface area contributed by atoms with Crippen molar-refractivity contribution in [2.75, 3.05) is 40.4 Å². The van der Waals surface area contributed by atoms with Crippen LogP contribution in [-0.4, -0.2) is 89.4 Å². The molecule has 2 N–H and O–H groups in total. The molecule has 2 amide bonds. The van der Waals surface area contributed by atoms with Crippen molar-refractivity contribution in [2.45, 2.75) is 37.9 Å². The van der Waals surface area contributed by atoms with Gasteiger partial charge in [0.05, 0.1) is 19.3 Å². The van der Waals surface area contributed by atoms with Crippen LogP contribution in [0, 0.1) is 5.41 Å². The predicted octanol–water partition coefficient (Wildman–Crippen LogP) is 1.52. The highest BCUT2D eigenvalue weighted by Gasteiger charge is 2.41. The number of amides is 2. The average molecular weight is 484 g/mol. The standard InChI is InChI=1S/C26H33N3O6/c1-28-17-26(8-11-29(12-9-26)25(33)19-7-10-27-23(14-19)34-2)15-21(31)20(30)13-18-5-3-4-6-22(18)35-16-24(28)32/h3-7,10,14,20-21,30-31H,8-9,11-13,15-17H2,1-2H3/t20-,21+/m0/s1. The monoisotopic (exact) mass is 483 g/mol. The highest BCUT2D eigenvalue weighted by atomic mass is 16.5. The number of pyridine rings is 1. The molecular weight excluding hydrogens is 450 g/mol. The molecule has 2 atom stereocenters. The van der Waals surface area contributed by atoms with E-state index in [4.69, 9.17) is 9.47 Å². The number of benzene rings is 1. The maximum Gasteiger partial charge on any atom is 0.260 e. The number of rotatable bonds is 2. The van der Waals surface area contributed by atoms with Crippen LogP contribution in [0.2, 0.25) is 0 Å². The maximum atomic E-state index is 13.1. The summed E-state index contributed by atoms with van der Waals surface area (Å²) in [6.07, 6.45) is 1.35. The van der Waals surface area contributed by atoms with Crippen molar-refractivity contribution >= 4 is 11.8 Å². The van der Waals surface area contributed by atoms with E-state index in [1.165, 1.54) is 7.11 Å². The molecule has 0 aliphatic carbocycles. The van der Waals surface area contributed by atoms with Crippen molar-refractivity contribution in [3.8, 4) is 11.6 Å². The SMILES string of the molecule is COc1cc(C(=O)N2CCC3(CC2)C[C@@H](O)[C@@H](O)Cc2ccccc2OCC(=O)N(C)C3)ccn1. The van der Waals surface area contributed by atoms with E-state index in [1.54, 1.807) is 41.2 Å². The molecule has 2 aliphatic rings. The smallest absolute Gasteiger partial charge is 0.260 e. The van der Waals surface area contributed by atoms with Gasteiger partial charge in [-0.25, -0.2) is 4.98 Å². The number of hydrogen-bond acceptors (Lipinski definition) is 7. The minimum Gasteiger partial charge on any atom is -0.483 e. The molecule has 2 aliphatic heterocycles. The van der Waals surface area contributed by atoms with Gasteiger partial charge >= 0.3 is 0 Å². The number of carbonyl (C=O) groups is 2. The summed E-state index contributed by atoms with van der Waals surface area (Å²) in [4.78, 5) is 33.4. The fourth-order valence-corrected chi connectivity index (χ4v) is 5.04. The lowest BCUT2D eigenvalue weighted by molar-refractivity contribution is -0.135. The second-order valence-electron chi connectivity index (χ2n) is 9.57. The third-order valence-corrected chi connectivity index (χ3v) is 7.14. The number of piperidine rings is 1. The highest BCUT2D eigenvalue weighted by molar-refractivity contribution is 5.94. The lowest BCUT2D eigenvalue weighted by Gasteiger charge is -2.45. The Morgan fingerprint density at radius 1 is 1.17 bits per heavy atom. The Kier molecular flexibility index (Phi) is 7.57. The quantitative estimate of drug-likeness (QED) is 0.666. The molecule has 0 unspecified atom stereocenters. The molecule has 1 saturated heterocycles. The molecule has 2 aromatic rings. The number of para-hydroxylation sites is 1. The van der Waals surface area contributed by atoms with Gasteiger partial charge in [-0.2, -0.15) is 0 Å². The first-order valence-electron chi connectivity index (χ1n) is 11.9. The van der Waals surface area contributed by atoms with Crippen molar-refractivity contribution in [3.63, 3.8) is 0 Å². The molecule has 0 radical (unpaired) electrons. The highest BCUT2D eigenvalue weighted by Crippen LogP contribution is 2.39. The largest absolute Gasteiger partial charge is 0.483 e. The molecule has 35 heavy (non-hydrogen) atoms. The number of hydrogen-bond donors (Lipinski definition) is 2. The summed E-state index contributed by atoms with van der Waals surface area (Å²) in [5.74, 6) is 0.654. The number of aliphatic hydroxyl groups is 2. The van der Waals surface area contributed by atoms with Gasteiger partial charge in [0.15, 0.2) is 6.61 Å². The summed E-state index contributed by atoms with van der Waals surface area (Å²) in [5.41, 5.74) is 0.818. The fraction of sp³-hybridized carbons (Fsp3) is 0.500. The first-order chi connectivity index (χ1) is 16.8. The van der Waals surface area contributed by atoms with Crippen molar-refractivity contribution in [3.05, 3.63) is 53.7 Å². The molecule has 0 bridgehead atoms. The van der Waals surface area contributed by atoms with Crippen molar-refractivity contribution < 1.29 is 29.3 Å². The summed E-state index contributed by atoms with van der Waals surface area (Å²) in [6.45, 7) is 1.27. The Hall–Kier alpha value is -3.17. The molecule has 1 aromatic carbocycles. The average Bonchev–Trinajstić information content (AvgIpc) is 2.87. The summed E-state index contributed by atoms with van der Waals surface area (Å²) in [5, 5.41) is 21.8. The molecule has 3 heterocycles. The minimum absolute atomic E-state index is 0.100. The van der Waals surface area contributed by atoms with Crippen molar-refractivity contribution in [1.82, 2.24) is 14.8 Å². The van der Waals surface area contributed by atoms with E-state index in [2.05, 4.69) is 4.98 Å². The van der Waals surface area contributed by atoms with Crippen LogP contribution in [0.1, 0.15) is 35.2 Å². The number of nitrogens with zero attached hydrogens (tertiary/aromatic N) is 3. The number of carbonyl (C=O) groups excluding carboxylic acids is 2. The van der Waals surface area contributed by atoms with E-state index in [1.807, 2.05) is 18.2 Å². The van der Waals surface area contributed by atoms with Gasteiger partial charge in [0, 0.05) is 50.9 Å². The molecule has 188 valence electrons. The summed E-state index contributed by atoms with van der Waals surface area (Å²) < 4.78 is 10.9. The topological polar surface area (TPSA) is 112 Å². The number of methoxy groups -OCH3 is 1. The van der Waals surface area contributed by atoms with Gasteiger partial charge < -0.3 is 29.5 Å². The van der Waals surface area contributed by atoms with E-state index in [0.29, 0.717) is 56.1 Å². The third-order valence-electron chi connectivity index (χ3n) is 7.14. The molecule has 1 fully saturated rings. The van der Waals surface area contributed by atoms with E-state index in [9.17, 15) is 19.8 Å². The molecule has 1 spiro atoms. The Morgan fingerprint density at radius 2 is 1.91 bits per heavy atom. The number of fused-ring (bicyclic) bond motifs is 1. The zero-order valence-electron chi connectivity index (χ0n) is 20.2. The third kappa shape index (κ3) is 5.74. The molecule has 4 rings (SSSR count). The number of likely N-dealkylation sites (tertiary alicyclic amines) is 1. The lowest BCUT2D eigenvalue weighted by atomic mass is 9.72. The maximum absolute atomic E-state index is 13.1. The Morgan fingerprint density at radius 3 is 2.66 bits per heavy atom. The minimum atomic E-state index is -0.974. The second-order valence-corrected chi connectivity index (χ2v) is 9.57. The number of ether oxygens (including phenoxy) is 2. The Bertz CT molecular complexity index is 1050. The lowest BCUT2D eigenvalue weighted by Crippen LogP contribution is -2.51. The van der Waals surface area contributed by atoms with E-state index in [-0.39, 0.29) is 24.8 Å². The first-order valence-corrected chi connectivity index (χ1v) is 11.9. The normalized spacial score (nSPS) is 23.0. The summed E-state index contributed by atoms with van der Waals surface area (Å²) in [7, 11) is 3.24. The fourth-order valence-electron chi connectivity index (χ4n) is 5.04. The first kappa shape index (κ1) is 24.9. The summed E-state index contributed by atoms with van der Waals surface area (Å²) >= 11 is 0. The molecule has 9 nitrogen and oxygen atoms in total. The van der Waals surface area contributed by atoms with Gasteiger partial charge in [0.25, 0.3) is 11.8 Å². The Balaban J connectivity index is 1.51. The van der Waals surface area contributed by atoms with Gasteiger partial charge in [-0.1, -0.05) is 18.2 Å². The molecule has 1 aromatic heterocycles. The molecule has 9 heteroatoms. The van der Waals surface area contributed by atoms with Crippen LogP contribution in [0.4, 0.5) is 0 Å². The van der Waals surface area contributed by atoms with E-state index >= 15 is 0 Å². The van der Waals surface area contributed by atoms with Crippen LogP contribution >= 0.6 is 0 Å². The van der Waals surface area contributed by atoms with Crippen molar-refractivity contribution in [2.24, 2.45) is 5.41 Å². The number of aromatic nitrogens is 1. The second kappa shape index (κ2) is 10.6. The van der Waals surface area contributed by atoms with Crippen LogP contribution in [0.5, 0.6) is 11.6 Å². The predicted molar refractivity (Wildman–Crippen MR) is 128 cm³/mol. The van der Waals surface area contributed by atoms with Crippen molar-refractivity contribution in [1.29, 1.82) is 0 Å². The van der Waals surface area contributed by atoms with Gasteiger partial charge in [0.2, 0.25) is 5.88 Å². The van der Waals surface area contributed by atoms with Crippen LogP contribution in [-0.2, 0) is 11.2 Å². The Labute approximate surface area is 205 Å². The number of aliphatic hydroxyl groups excluding tert-OH is 2. The van der Waals surface area contributed by atoms with Crippen LogP contribution in [0.25, 0.3) is 0 Å². The summed E-state index contributed by atoms with van der Waals surface area (Å²) in [6, 6.07) is 10.5. The van der Waals surface area contributed by atoms with Crippen LogP contribution in [0.3, 0.4) is 0 Å².